The fourth-order valence-electron chi connectivity index (χ4n) is 0.284. The normalized spacial score (nSPS) is 19.0. The van der Waals surface area contributed by atoms with E-state index >= 15 is 0 Å². The molecule has 0 unspecified atom stereocenters. The first-order chi connectivity index (χ1) is 3.29. The summed E-state index contributed by atoms with van der Waals surface area (Å²) in [6.45, 7) is 0. The molecule has 0 aromatic rings. The topological polar surface area (TPSA) is 38.7 Å². The third-order valence-electron chi connectivity index (χ3n) is 0.537. The molecule has 1 aliphatic heterocycles. The van der Waals surface area contributed by atoms with Crippen molar-refractivity contribution in [2.24, 2.45) is 5.16 Å². The minimum Gasteiger partial charge on any atom is -0.317 e. The van der Waals surface area contributed by atoms with E-state index in [0.717, 1.165) is 3.72 Å². The summed E-state index contributed by atoms with van der Waals surface area (Å²) < 4.78 is 0.725. The maximum absolute atomic E-state index is 10.1. The minimum absolute atomic E-state index is 0.260. The van der Waals surface area contributed by atoms with Gasteiger partial charge in [0.15, 0.2) is 0 Å². The van der Waals surface area contributed by atoms with Crippen LogP contribution >= 0.6 is 22.6 Å². The van der Waals surface area contributed by atoms with E-state index in [0.29, 0.717) is 6.42 Å². The van der Waals surface area contributed by atoms with Gasteiger partial charge < -0.3 is 4.84 Å². The number of rotatable bonds is 0. The van der Waals surface area contributed by atoms with Crippen LogP contribution in [0.1, 0.15) is 6.42 Å². The van der Waals surface area contributed by atoms with Gasteiger partial charge in [0.2, 0.25) is 0 Å². The molecule has 0 saturated heterocycles. The van der Waals surface area contributed by atoms with Gasteiger partial charge in [0.1, 0.15) is 3.72 Å². The lowest BCUT2D eigenvalue weighted by Crippen LogP contribution is -1.91. The van der Waals surface area contributed by atoms with E-state index in [1.54, 1.807) is 0 Å². The van der Waals surface area contributed by atoms with Crippen LogP contribution in [0.4, 0.5) is 0 Å². The molecule has 3 nitrogen and oxygen atoms in total. The molecule has 1 heterocycles. The van der Waals surface area contributed by atoms with E-state index in [1.807, 2.05) is 22.6 Å². The lowest BCUT2D eigenvalue weighted by atomic mass is 10.5. The smallest absolute Gasteiger partial charge is 0.317 e. The van der Waals surface area contributed by atoms with Crippen LogP contribution in [0.25, 0.3) is 0 Å². The molecule has 0 saturated carbocycles. The average Bonchev–Trinajstić information content (AvgIpc) is 1.87. The van der Waals surface area contributed by atoms with Crippen molar-refractivity contribution in [2.45, 2.75) is 6.42 Å². The first-order valence-electron chi connectivity index (χ1n) is 1.71. The van der Waals surface area contributed by atoms with E-state index in [9.17, 15) is 4.79 Å². The van der Waals surface area contributed by atoms with Crippen molar-refractivity contribution < 1.29 is 9.63 Å². The number of carbonyl (C=O) groups excluding carboxylic acids is 1. The molecule has 1 rings (SSSR count). The van der Waals surface area contributed by atoms with Crippen molar-refractivity contribution in [3.63, 3.8) is 0 Å². The summed E-state index contributed by atoms with van der Waals surface area (Å²) in [6.07, 6.45) is 0.348. The number of nitrogens with zero attached hydrogens (tertiary/aromatic N) is 1. The Labute approximate surface area is 53.8 Å². The highest BCUT2D eigenvalue weighted by atomic mass is 127. The molecule has 7 heavy (non-hydrogen) atoms. The number of carbonyl (C=O) groups is 1. The predicted molar refractivity (Wildman–Crippen MR) is 32.2 cm³/mol. The number of hydrogen-bond acceptors (Lipinski definition) is 3. The van der Waals surface area contributed by atoms with Gasteiger partial charge in [0, 0.05) is 0 Å². The Morgan fingerprint density at radius 1 is 1.86 bits per heavy atom. The minimum atomic E-state index is -0.260. The molecule has 0 radical (unpaired) electrons. The van der Waals surface area contributed by atoms with E-state index in [2.05, 4.69) is 9.99 Å². The van der Waals surface area contributed by atoms with Crippen molar-refractivity contribution in [3.05, 3.63) is 0 Å². The van der Waals surface area contributed by atoms with E-state index < -0.39 is 0 Å². The van der Waals surface area contributed by atoms with Crippen molar-refractivity contribution in [2.75, 3.05) is 0 Å². The third kappa shape index (κ3) is 1.12. The summed E-state index contributed by atoms with van der Waals surface area (Å²) in [5.74, 6) is -0.260. The molecule has 4 heteroatoms. The molecule has 0 spiro atoms. The van der Waals surface area contributed by atoms with Gasteiger partial charge in [-0.1, -0.05) is 5.16 Å². The zero-order valence-electron chi connectivity index (χ0n) is 3.35. The van der Waals surface area contributed by atoms with Crippen molar-refractivity contribution in [3.8, 4) is 0 Å². The number of oxime groups is 1. The Hall–Kier alpha value is -0.130. The Bertz CT molecular complexity index is 131. The molecular weight excluding hydrogens is 209 g/mol. The van der Waals surface area contributed by atoms with E-state index in [1.165, 1.54) is 0 Å². The van der Waals surface area contributed by atoms with Crippen molar-refractivity contribution in [1.82, 2.24) is 0 Å². The first kappa shape index (κ1) is 5.02. The maximum Gasteiger partial charge on any atom is 0.341 e. The molecule has 0 aliphatic carbocycles. The highest BCUT2D eigenvalue weighted by Gasteiger charge is 2.13. The van der Waals surface area contributed by atoms with Gasteiger partial charge >= 0.3 is 5.97 Å². The number of halogens is 1. The Morgan fingerprint density at radius 2 is 2.57 bits per heavy atom. The average molecular weight is 211 g/mol. The maximum atomic E-state index is 10.1. The summed E-state index contributed by atoms with van der Waals surface area (Å²) in [5.41, 5.74) is 0. The van der Waals surface area contributed by atoms with Crippen molar-refractivity contribution >= 4 is 32.3 Å². The van der Waals surface area contributed by atoms with Crippen LogP contribution in [0, 0.1) is 0 Å². The number of hydrogen-bond donors (Lipinski definition) is 0. The fraction of sp³-hybridized carbons (Fsp3) is 0.333. The Balaban J connectivity index is 2.58. The van der Waals surface area contributed by atoms with Gasteiger partial charge in [-0.2, -0.15) is 0 Å². The summed E-state index contributed by atoms with van der Waals surface area (Å²) in [4.78, 5) is 14.3. The largest absolute Gasteiger partial charge is 0.341 e. The highest BCUT2D eigenvalue weighted by Crippen LogP contribution is 2.06. The van der Waals surface area contributed by atoms with Gasteiger partial charge in [0.05, 0.1) is 6.42 Å². The zero-order valence-corrected chi connectivity index (χ0v) is 5.51. The third-order valence-corrected chi connectivity index (χ3v) is 1.12. The lowest BCUT2D eigenvalue weighted by molar-refractivity contribution is -0.140. The van der Waals surface area contributed by atoms with Crippen LogP contribution in [-0.2, 0) is 9.63 Å². The van der Waals surface area contributed by atoms with Crippen LogP contribution in [0.3, 0.4) is 0 Å². The van der Waals surface area contributed by atoms with Crippen LogP contribution in [-0.4, -0.2) is 9.69 Å². The summed E-state index contributed by atoms with van der Waals surface area (Å²) in [7, 11) is 0. The standard InChI is InChI=1S/C3H2INO2/c4-2-1-3(6)7-5-2/h1H2. The summed E-state index contributed by atoms with van der Waals surface area (Å²) in [5, 5.41) is 3.37. The fourth-order valence-corrected chi connectivity index (χ4v) is 0.694. The van der Waals surface area contributed by atoms with Gasteiger partial charge in [-0.25, -0.2) is 4.79 Å². The Morgan fingerprint density at radius 3 is 2.71 bits per heavy atom. The second-order valence-corrected chi connectivity index (χ2v) is 2.35. The van der Waals surface area contributed by atoms with Gasteiger partial charge in [0.25, 0.3) is 0 Å². The lowest BCUT2D eigenvalue weighted by Gasteiger charge is -1.74. The molecule has 0 amide bonds. The molecule has 0 aromatic carbocycles. The molecule has 0 N–H and O–H groups in total. The molecular formula is C3H2INO2. The monoisotopic (exact) mass is 211 g/mol. The van der Waals surface area contributed by atoms with Gasteiger partial charge in [-0.15, -0.1) is 0 Å². The van der Waals surface area contributed by atoms with Crippen LogP contribution in [0.15, 0.2) is 5.16 Å². The van der Waals surface area contributed by atoms with Crippen LogP contribution in [0.5, 0.6) is 0 Å². The Kier molecular flexibility index (Phi) is 1.27. The molecule has 38 valence electrons. The van der Waals surface area contributed by atoms with Gasteiger partial charge in [-0.05, 0) is 22.6 Å². The molecule has 0 fully saturated rings. The first-order valence-corrected chi connectivity index (χ1v) is 2.79. The zero-order chi connectivity index (χ0) is 5.28. The SMILES string of the molecule is O=C1CC(I)=NO1. The summed E-state index contributed by atoms with van der Waals surface area (Å²) in [6, 6.07) is 0. The molecule has 0 aromatic heterocycles. The second-order valence-electron chi connectivity index (χ2n) is 1.11. The van der Waals surface area contributed by atoms with Crippen LogP contribution in [0.2, 0.25) is 0 Å². The van der Waals surface area contributed by atoms with Crippen LogP contribution < -0.4 is 0 Å². The van der Waals surface area contributed by atoms with E-state index in [4.69, 9.17) is 0 Å². The predicted octanol–water partition coefficient (Wildman–Crippen LogP) is 0.682. The second kappa shape index (κ2) is 1.77. The molecule has 0 atom stereocenters. The van der Waals surface area contributed by atoms with Gasteiger partial charge in [-0.3, -0.25) is 0 Å². The molecule has 1 aliphatic rings. The molecule has 0 bridgehead atoms. The van der Waals surface area contributed by atoms with E-state index in [-0.39, 0.29) is 5.97 Å². The quantitative estimate of drug-likeness (QED) is 0.436. The highest BCUT2D eigenvalue weighted by molar-refractivity contribution is 14.1. The van der Waals surface area contributed by atoms with Crippen molar-refractivity contribution in [1.29, 1.82) is 0 Å². The summed E-state index contributed by atoms with van der Waals surface area (Å²) >= 11 is 1.95.